The van der Waals surface area contributed by atoms with Gasteiger partial charge in [0.25, 0.3) is 5.69 Å². The van der Waals surface area contributed by atoms with Gasteiger partial charge in [0, 0.05) is 41.7 Å². The molecule has 1 saturated heterocycles. The molecule has 1 aliphatic heterocycles. The lowest BCUT2D eigenvalue weighted by atomic mass is 9.97. The van der Waals surface area contributed by atoms with Crippen molar-refractivity contribution in [3.63, 3.8) is 0 Å². The molecule has 11 nitrogen and oxygen atoms in total. The van der Waals surface area contributed by atoms with Gasteiger partial charge in [0.05, 0.1) is 9.82 Å². The fourth-order valence-electron chi connectivity index (χ4n) is 3.46. The smallest absolute Gasteiger partial charge is 0.322 e. The Labute approximate surface area is 193 Å². The molecule has 3 aromatic rings. The van der Waals surface area contributed by atoms with E-state index in [-0.39, 0.29) is 41.5 Å². The van der Waals surface area contributed by atoms with Crippen LogP contribution >= 0.6 is 11.6 Å². The van der Waals surface area contributed by atoms with Crippen molar-refractivity contribution in [2.45, 2.75) is 17.7 Å². The van der Waals surface area contributed by atoms with Crippen LogP contribution < -0.4 is 5.32 Å². The minimum atomic E-state index is -3.67. The first kappa shape index (κ1) is 22.8. The van der Waals surface area contributed by atoms with E-state index in [0.717, 1.165) is 0 Å². The van der Waals surface area contributed by atoms with Crippen molar-refractivity contribution in [3.8, 4) is 11.5 Å². The lowest BCUT2D eigenvalue weighted by Gasteiger charge is -2.30. The van der Waals surface area contributed by atoms with Gasteiger partial charge in [-0.25, -0.2) is 8.42 Å². The minimum absolute atomic E-state index is 0.0258. The van der Waals surface area contributed by atoms with E-state index < -0.39 is 20.9 Å². The van der Waals surface area contributed by atoms with Crippen LogP contribution in [-0.4, -0.2) is 46.8 Å². The van der Waals surface area contributed by atoms with Crippen LogP contribution in [-0.2, 0) is 14.8 Å². The van der Waals surface area contributed by atoms with Crippen LogP contribution in [0.4, 0.5) is 11.7 Å². The van der Waals surface area contributed by atoms with Crippen molar-refractivity contribution in [3.05, 3.63) is 63.7 Å². The number of nitro groups is 1. The highest BCUT2D eigenvalue weighted by molar-refractivity contribution is 7.89. The van der Waals surface area contributed by atoms with Crippen molar-refractivity contribution in [1.29, 1.82) is 0 Å². The number of hydrogen-bond acceptors (Lipinski definition) is 8. The SMILES string of the molecule is O=C(Nc1nnc(-c2cccc([N+](=O)[O-])c2)o1)C1CCN(S(=O)(=O)c2ccc(Cl)cc2)CC1. The molecule has 1 N–H and O–H groups in total. The predicted molar refractivity (Wildman–Crippen MR) is 118 cm³/mol. The average molecular weight is 492 g/mol. The Morgan fingerprint density at radius 3 is 2.52 bits per heavy atom. The highest BCUT2D eigenvalue weighted by Gasteiger charge is 2.32. The fourth-order valence-corrected chi connectivity index (χ4v) is 5.06. The van der Waals surface area contributed by atoms with Gasteiger partial charge in [-0.1, -0.05) is 22.8 Å². The van der Waals surface area contributed by atoms with Gasteiger partial charge in [-0.15, -0.1) is 5.10 Å². The number of rotatable bonds is 6. The van der Waals surface area contributed by atoms with E-state index >= 15 is 0 Å². The standard InChI is InChI=1S/C20H18ClN5O6S/c21-15-4-6-17(7-5-15)33(30,31)25-10-8-13(9-11-25)18(27)22-20-24-23-19(32-20)14-2-1-3-16(12-14)26(28)29/h1-7,12-13H,8-11H2,(H,22,24,27). The zero-order valence-electron chi connectivity index (χ0n) is 17.0. The molecule has 13 heteroatoms. The van der Waals surface area contributed by atoms with Crippen molar-refractivity contribution in [2.75, 3.05) is 18.4 Å². The molecule has 1 fully saturated rings. The van der Waals surface area contributed by atoms with Gasteiger partial charge in [-0.3, -0.25) is 20.2 Å². The monoisotopic (exact) mass is 491 g/mol. The minimum Gasteiger partial charge on any atom is -0.403 e. The molecular formula is C20H18ClN5O6S. The number of non-ortho nitro benzene ring substituents is 1. The molecule has 33 heavy (non-hydrogen) atoms. The normalized spacial score (nSPS) is 15.3. The number of nitrogens with one attached hydrogen (secondary N) is 1. The molecule has 0 atom stereocenters. The van der Waals surface area contributed by atoms with Crippen molar-refractivity contribution >= 4 is 39.2 Å². The molecular weight excluding hydrogens is 474 g/mol. The Morgan fingerprint density at radius 2 is 1.85 bits per heavy atom. The van der Waals surface area contributed by atoms with E-state index in [0.29, 0.717) is 23.4 Å². The number of hydrogen-bond donors (Lipinski definition) is 1. The summed E-state index contributed by atoms with van der Waals surface area (Å²) in [6.07, 6.45) is 0.648. The highest BCUT2D eigenvalue weighted by atomic mass is 35.5. The maximum atomic E-state index is 12.8. The molecule has 1 aliphatic rings. The summed E-state index contributed by atoms with van der Waals surface area (Å²) in [6.45, 7) is 0.373. The maximum absolute atomic E-state index is 12.8. The molecule has 0 radical (unpaired) electrons. The van der Waals surface area contributed by atoms with E-state index in [1.165, 1.54) is 46.8 Å². The summed E-state index contributed by atoms with van der Waals surface area (Å²) in [5, 5.41) is 21.5. The summed E-state index contributed by atoms with van der Waals surface area (Å²) in [7, 11) is -3.67. The molecule has 172 valence electrons. The first-order chi connectivity index (χ1) is 15.7. The fraction of sp³-hybridized carbons (Fsp3) is 0.250. The van der Waals surface area contributed by atoms with Crippen LogP contribution in [0.1, 0.15) is 12.8 Å². The van der Waals surface area contributed by atoms with Gasteiger partial charge in [0.2, 0.25) is 21.8 Å². The second-order valence-electron chi connectivity index (χ2n) is 7.34. The molecule has 1 amide bonds. The number of piperidine rings is 1. The number of amides is 1. The van der Waals surface area contributed by atoms with Gasteiger partial charge in [-0.05, 0) is 43.2 Å². The molecule has 2 heterocycles. The Bertz CT molecular complexity index is 1290. The molecule has 2 aromatic carbocycles. The van der Waals surface area contributed by atoms with Crippen LogP contribution in [0.15, 0.2) is 57.8 Å². The molecule has 0 saturated carbocycles. The van der Waals surface area contributed by atoms with E-state index in [4.69, 9.17) is 16.0 Å². The van der Waals surface area contributed by atoms with Gasteiger partial charge >= 0.3 is 6.01 Å². The van der Waals surface area contributed by atoms with Crippen LogP contribution in [0.5, 0.6) is 0 Å². The second kappa shape index (κ2) is 9.25. The third kappa shape index (κ3) is 5.02. The number of halogens is 1. The number of aromatic nitrogens is 2. The third-order valence-corrected chi connectivity index (χ3v) is 7.40. The van der Waals surface area contributed by atoms with E-state index in [1.54, 1.807) is 6.07 Å². The third-order valence-electron chi connectivity index (χ3n) is 5.24. The van der Waals surface area contributed by atoms with E-state index in [9.17, 15) is 23.3 Å². The molecule has 0 spiro atoms. The predicted octanol–water partition coefficient (Wildman–Crippen LogP) is 3.34. The first-order valence-electron chi connectivity index (χ1n) is 9.89. The number of sulfonamides is 1. The summed E-state index contributed by atoms with van der Waals surface area (Å²) in [4.78, 5) is 23.1. The number of benzene rings is 2. The molecule has 0 bridgehead atoms. The van der Waals surface area contributed by atoms with Crippen LogP contribution in [0.3, 0.4) is 0 Å². The van der Waals surface area contributed by atoms with Crippen molar-refractivity contribution in [1.82, 2.24) is 14.5 Å². The number of carbonyl (C=O) groups excluding carboxylic acids is 1. The van der Waals surface area contributed by atoms with Gasteiger partial charge in [0.15, 0.2) is 0 Å². The van der Waals surface area contributed by atoms with Crippen LogP contribution in [0.25, 0.3) is 11.5 Å². The number of nitro benzene ring substituents is 1. The molecule has 4 rings (SSSR count). The van der Waals surface area contributed by atoms with Gasteiger partial charge in [0.1, 0.15) is 0 Å². The largest absolute Gasteiger partial charge is 0.403 e. The van der Waals surface area contributed by atoms with Crippen molar-refractivity contribution < 1.29 is 22.6 Å². The molecule has 0 unspecified atom stereocenters. The van der Waals surface area contributed by atoms with E-state index in [2.05, 4.69) is 15.5 Å². The highest BCUT2D eigenvalue weighted by Crippen LogP contribution is 2.27. The molecule has 0 aliphatic carbocycles. The molecule has 1 aromatic heterocycles. The maximum Gasteiger partial charge on any atom is 0.322 e. The van der Waals surface area contributed by atoms with Crippen molar-refractivity contribution in [2.24, 2.45) is 5.92 Å². The van der Waals surface area contributed by atoms with Gasteiger partial charge < -0.3 is 4.42 Å². The number of carbonyl (C=O) groups is 1. The zero-order valence-corrected chi connectivity index (χ0v) is 18.6. The second-order valence-corrected chi connectivity index (χ2v) is 9.72. The summed E-state index contributed by atoms with van der Waals surface area (Å²) in [6, 6.07) is 11.5. The van der Waals surface area contributed by atoms with Crippen LogP contribution in [0, 0.1) is 16.0 Å². The summed E-state index contributed by atoms with van der Waals surface area (Å²) >= 11 is 5.83. The Hall–Kier alpha value is -3.35. The summed E-state index contributed by atoms with van der Waals surface area (Å²) in [5.41, 5.74) is 0.217. The van der Waals surface area contributed by atoms with E-state index in [1.807, 2.05) is 0 Å². The quantitative estimate of drug-likeness (QED) is 0.407. The average Bonchev–Trinajstić information content (AvgIpc) is 3.28. The summed E-state index contributed by atoms with van der Waals surface area (Å²) < 4.78 is 32.3. The lowest BCUT2D eigenvalue weighted by molar-refractivity contribution is -0.384. The summed E-state index contributed by atoms with van der Waals surface area (Å²) in [5.74, 6) is -0.777. The topological polar surface area (TPSA) is 149 Å². The number of nitrogens with zero attached hydrogens (tertiary/aromatic N) is 4. The Kier molecular flexibility index (Phi) is 6.40. The lowest BCUT2D eigenvalue weighted by Crippen LogP contribution is -2.41. The first-order valence-corrected chi connectivity index (χ1v) is 11.7. The number of anilines is 1. The Balaban J connectivity index is 1.37. The Morgan fingerprint density at radius 1 is 1.15 bits per heavy atom. The van der Waals surface area contributed by atoms with Crippen LogP contribution in [0.2, 0.25) is 5.02 Å². The van der Waals surface area contributed by atoms with Gasteiger partial charge in [-0.2, -0.15) is 4.31 Å². The zero-order chi connectivity index (χ0) is 23.6.